The molecule has 26 heavy (non-hydrogen) atoms. The molecule has 4 unspecified atom stereocenters. The summed E-state index contributed by atoms with van der Waals surface area (Å²) in [5.74, 6) is -2.83. The van der Waals surface area contributed by atoms with Gasteiger partial charge in [-0.15, -0.1) is 0 Å². The van der Waals surface area contributed by atoms with Crippen molar-refractivity contribution in [3.05, 3.63) is 41.5 Å². The Labute approximate surface area is 146 Å². The zero-order valence-corrected chi connectivity index (χ0v) is 13.5. The van der Waals surface area contributed by atoms with E-state index in [1.54, 1.807) is 0 Å². The highest BCUT2D eigenvalue weighted by atomic mass is 19.4. The smallest absolute Gasteiger partial charge is 0.369 e. The van der Waals surface area contributed by atoms with E-state index in [1.807, 2.05) is 12.2 Å². The molecule has 3 amide bonds. The molecule has 2 aliphatic carbocycles. The fraction of sp³-hybridized carbons (Fsp3) is 0.389. The van der Waals surface area contributed by atoms with Crippen LogP contribution in [0.5, 0.6) is 0 Å². The molecule has 2 N–H and O–H groups in total. The summed E-state index contributed by atoms with van der Waals surface area (Å²) in [7, 11) is 0. The maximum absolute atomic E-state index is 13.2. The number of benzene rings is 1. The van der Waals surface area contributed by atoms with Crippen molar-refractivity contribution in [3.63, 3.8) is 0 Å². The normalized spacial score (nSPS) is 29.6. The zero-order chi connectivity index (χ0) is 18.8. The number of primary amides is 1. The third kappa shape index (κ3) is 2.43. The number of halogens is 3. The highest BCUT2D eigenvalue weighted by molar-refractivity contribution is 6.22. The molecular formula is C18H15F3N2O3. The molecule has 1 heterocycles. The van der Waals surface area contributed by atoms with E-state index in [0.717, 1.165) is 23.5 Å². The molecule has 0 spiro atoms. The van der Waals surface area contributed by atoms with E-state index < -0.39 is 47.7 Å². The molecule has 1 aromatic rings. The topological polar surface area (TPSA) is 80.5 Å². The summed E-state index contributed by atoms with van der Waals surface area (Å²) in [5, 5.41) is 0. The quantitative estimate of drug-likeness (QED) is 0.658. The van der Waals surface area contributed by atoms with Crippen molar-refractivity contribution in [1.82, 2.24) is 0 Å². The molecule has 0 aromatic heterocycles. The summed E-state index contributed by atoms with van der Waals surface area (Å²) >= 11 is 0. The largest absolute Gasteiger partial charge is 0.416 e. The van der Waals surface area contributed by atoms with Gasteiger partial charge in [-0.3, -0.25) is 14.4 Å². The van der Waals surface area contributed by atoms with E-state index in [9.17, 15) is 27.6 Å². The molecule has 4 rings (SSSR count). The summed E-state index contributed by atoms with van der Waals surface area (Å²) in [4.78, 5) is 37.5. The molecule has 3 aliphatic rings. The van der Waals surface area contributed by atoms with Crippen LogP contribution >= 0.6 is 0 Å². The molecule has 8 heteroatoms. The first kappa shape index (κ1) is 16.8. The van der Waals surface area contributed by atoms with Gasteiger partial charge in [0.25, 0.3) is 0 Å². The predicted molar refractivity (Wildman–Crippen MR) is 84.6 cm³/mol. The lowest BCUT2D eigenvalue weighted by molar-refractivity contribution is -0.138. The lowest BCUT2D eigenvalue weighted by Crippen LogP contribution is -2.33. The van der Waals surface area contributed by atoms with Gasteiger partial charge in [0.1, 0.15) is 0 Å². The molecule has 0 radical (unpaired) electrons. The van der Waals surface area contributed by atoms with Crippen molar-refractivity contribution < 1.29 is 27.6 Å². The van der Waals surface area contributed by atoms with Crippen molar-refractivity contribution in [1.29, 1.82) is 0 Å². The van der Waals surface area contributed by atoms with E-state index in [1.165, 1.54) is 6.07 Å². The van der Waals surface area contributed by atoms with Crippen LogP contribution in [0, 0.1) is 23.7 Å². The van der Waals surface area contributed by atoms with E-state index >= 15 is 0 Å². The second-order valence-electron chi connectivity index (χ2n) is 7.04. The third-order valence-electron chi connectivity index (χ3n) is 5.41. The number of fused-ring (bicyclic) bond motifs is 5. The van der Waals surface area contributed by atoms with E-state index in [0.29, 0.717) is 0 Å². The van der Waals surface area contributed by atoms with Crippen molar-refractivity contribution in [3.8, 4) is 0 Å². The number of carbonyl (C=O) groups excluding carboxylic acids is 3. The van der Waals surface area contributed by atoms with Crippen molar-refractivity contribution in [2.24, 2.45) is 29.4 Å². The Morgan fingerprint density at radius 2 is 1.65 bits per heavy atom. The number of anilines is 1. The van der Waals surface area contributed by atoms with Crippen LogP contribution in [0.25, 0.3) is 0 Å². The minimum Gasteiger partial charge on any atom is -0.369 e. The van der Waals surface area contributed by atoms with Gasteiger partial charge in [-0.2, -0.15) is 13.2 Å². The number of hydrogen-bond donors (Lipinski definition) is 1. The van der Waals surface area contributed by atoms with E-state index in [2.05, 4.69) is 0 Å². The maximum Gasteiger partial charge on any atom is 0.416 e. The first-order valence-electron chi connectivity index (χ1n) is 8.22. The SMILES string of the molecule is NC(=O)Cc1cc(N2C(=O)C3C4C=CC(C4)C3C2=O)cc(C(F)(F)F)c1. The maximum atomic E-state index is 13.2. The van der Waals surface area contributed by atoms with Crippen LogP contribution in [0.15, 0.2) is 30.4 Å². The van der Waals surface area contributed by atoms with E-state index in [4.69, 9.17) is 5.73 Å². The molecule has 2 bridgehead atoms. The summed E-state index contributed by atoms with van der Waals surface area (Å²) in [6.07, 6.45) is -0.538. The van der Waals surface area contributed by atoms with Crippen molar-refractivity contribution in [2.45, 2.75) is 19.0 Å². The lowest BCUT2D eigenvalue weighted by Gasteiger charge is -2.20. The standard InChI is InChI=1S/C18H15F3N2O3/c19-18(20,21)11-3-8(5-13(22)24)4-12(7-11)23-16(25)14-9-1-2-10(6-9)15(14)17(23)26/h1-4,7,9-10,14-15H,5-6H2,(H2,22,24). The molecule has 136 valence electrons. The number of allylic oxidation sites excluding steroid dienone is 2. The zero-order valence-electron chi connectivity index (χ0n) is 13.5. The Balaban J connectivity index is 1.77. The first-order valence-corrected chi connectivity index (χ1v) is 8.22. The Hall–Kier alpha value is -2.64. The van der Waals surface area contributed by atoms with Gasteiger partial charge in [0.2, 0.25) is 17.7 Å². The Bertz CT molecular complexity index is 832. The number of rotatable bonds is 3. The van der Waals surface area contributed by atoms with Gasteiger partial charge in [-0.05, 0) is 42.0 Å². The third-order valence-corrected chi connectivity index (χ3v) is 5.41. The molecular weight excluding hydrogens is 349 g/mol. The number of imide groups is 1. The summed E-state index contributed by atoms with van der Waals surface area (Å²) in [6, 6.07) is 2.84. The highest BCUT2D eigenvalue weighted by Crippen LogP contribution is 2.53. The van der Waals surface area contributed by atoms with Crippen molar-refractivity contribution in [2.75, 3.05) is 4.90 Å². The van der Waals surface area contributed by atoms with Crippen LogP contribution in [0.3, 0.4) is 0 Å². The highest BCUT2D eigenvalue weighted by Gasteiger charge is 2.59. The Morgan fingerprint density at radius 1 is 1.08 bits per heavy atom. The number of alkyl halides is 3. The Morgan fingerprint density at radius 3 is 2.15 bits per heavy atom. The molecule has 1 saturated heterocycles. The van der Waals surface area contributed by atoms with Gasteiger partial charge in [-0.25, -0.2) is 4.90 Å². The fourth-order valence-electron chi connectivity index (χ4n) is 4.43. The fourth-order valence-corrected chi connectivity index (χ4v) is 4.43. The van der Waals surface area contributed by atoms with Gasteiger partial charge < -0.3 is 5.73 Å². The van der Waals surface area contributed by atoms with Crippen LogP contribution in [-0.2, 0) is 27.0 Å². The van der Waals surface area contributed by atoms with Crippen molar-refractivity contribution >= 4 is 23.4 Å². The number of amides is 3. The average Bonchev–Trinajstić information content (AvgIpc) is 3.19. The van der Waals surface area contributed by atoms with Gasteiger partial charge >= 0.3 is 6.18 Å². The number of hydrogen-bond acceptors (Lipinski definition) is 3. The van der Waals surface area contributed by atoms with Crippen LogP contribution < -0.4 is 10.6 Å². The summed E-state index contributed by atoms with van der Waals surface area (Å²) in [5.41, 5.74) is 3.92. The minimum atomic E-state index is -4.68. The summed E-state index contributed by atoms with van der Waals surface area (Å²) in [6.45, 7) is 0. The molecule has 2 fully saturated rings. The second-order valence-corrected chi connectivity index (χ2v) is 7.04. The predicted octanol–water partition coefficient (Wildman–Crippen LogP) is 2.04. The molecule has 1 aliphatic heterocycles. The molecule has 1 saturated carbocycles. The minimum absolute atomic E-state index is 0.0149. The molecule has 5 nitrogen and oxygen atoms in total. The number of nitrogens with zero attached hydrogens (tertiary/aromatic N) is 1. The first-order chi connectivity index (χ1) is 12.2. The van der Waals surface area contributed by atoms with Crippen LogP contribution in [0.4, 0.5) is 18.9 Å². The van der Waals surface area contributed by atoms with Crippen LogP contribution in [0.1, 0.15) is 17.5 Å². The number of nitrogens with two attached hydrogens (primary N) is 1. The number of carbonyl (C=O) groups is 3. The molecule has 1 aromatic carbocycles. The van der Waals surface area contributed by atoms with Gasteiger partial charge in [0, 0.05) is 0 Å². The summed E-state index contributed by atoms with van der Waals surface area (Å²) < 4.78 is 39.7. The Kier molecular flexibility index (Phi) is 3.51. The van der Waals surface area contributed by atoms with Crippen LogP contribution in [0.2, 0.25) is 0 Å². The van der Waals surface area contributed by atoms with Gasteiger partial charge in [-0.1, -0.05) is 12.2 Å². The van der Waals surface area contributed by atoms with E-state index in [-0.39, 0.29) is 23.1 Å². The average molecular weight is 364 g/mol. The lowest BCUT2D eigenvalue weighted by atomic mass is 9.85. The van der Waals surface area contributed by atoms with Gasteiger partial charge in [0.05, 0.1) is 29.5 Å². The van der Waals surface area contributed by atoms with Gasteiger partial charge in [0.15, 0.2) is 0 Å². The second kappa shape index (κ2) is 5.43. The monoisotopic (exact) mass is 364 g/mol. The molecule has 4 atom stereocenters. The van der Waals surface area contributed by atoms with Crippen LogP contribution in [-0.4, -0.2) is 17.7 Å².